The van der Waals surface area contributed by atoms with Crippen LogP contribution in [0.15, 0.2) is 35.7 Å². The SMILES string of the molecule is C=Cc1ccc(S(=O)(=O)C2(C)COCCOC2)cc1. The molecular formula is C14H18O4S. The normalized spacial score (nSPS) is 19.6. The Morgan fingerprint density at radius 1 is 1.16 bits per heavy atom. The van der Waals surface area contributed by atoms with E-state index in [4.69, 9.17) is 9.47 Å². The molecule has 0 radical (unpaired) electrons. The van der Waals surface area contributed by atoms with Gasteiger partial charge < -0.3 is 9.47 Å². The molecule has 0 atom stereocenters. The zero-order chi connectivity index (χ0) is 13.9. The van der Waals surface area contributed by atoms with Crippen LogP contribution in [0, 0.1) is 0 Å². The van der Waals surface area contributed by atoms with Gasteiger partial charge >= 0.3 is 0 Å². The van der Waals surface area contributed by atoms with Crippen LogP contribution in [0.1, 0.15) is 12.5 Å². The molecule has 1 aromatic carbocycles. The molecule has 1 fully saturated rings. The first-order valence-corrected chi connectivity index (χ1v) is 7.60. The van der Waals surface area contributed by atoms with Crippen molar-refractivity contribution in [2.75, 3.05) is 26.4 Å². The van der Waals surface area contributed by atoms with Gasteiger partial charge in [-0.05, 0) is 24.6 Å². The van der Waals surface area contributed by atoms with Crippen LogP contribution in [-0.2, 0) is 19.3 Å². The van der Waals surface area contributed by atoms with Crippen molar-refractivity contribution in [2.45, 2.75) is 16.6 Å². The van der Waals surface area contributed by atoms with E-state index >= 15 is 0 Å². The quantitative estimate of drug-likeness (QED) is 0.850. The van der Waals surface area contributed by atoms with E-state index in [9.17, 15) is 8.42 Å². The van der Waals surface area contributed by atoms with Gasteiger partial charge in [-0.2, -0.15) is 0 Å². The van der Waals surface area contributed by atoms with Crippen LogP contribution in [-0.4, -0.2) is 39.6 Å². The minimum Gasteiger partial charge on any atom is -0.377 e. The van der Waals surface area contributed by atoms with E-state index in [1.165, 1.54) is 0 Å². The molecule has 1 aliphatic rings. The van der Waals surface area contributed by atoms with Gasteiger partial charge in [0.15, 0.2) is 9.84 Å². The van der Waals surface area contributed by atoms with Crippen molar-refractivity contribution in [1.29, 1.82) is 0 Å². The van der Waals surface area contributed by atoms with E-state index in [1.54, 1.807) is 37.3 Å². The van der Waals surface area contributed by atoms with E-state index in [1.807, 2.05) is 0 Å². The highest BCUT2D eigenvalue weighted by Crippen LogP contribution is 2.28. The summed E-state index contributed by atoms with van der Waals surface area (Å²) in [5.74, 6) is 0. The highest BCUT2D eigenvalue weighted by molar-refractivity contribution is 7.92. The minimum atomic E-state index is -3.49. The average Bonchev–Trinajstić information content (AvgIpc) is 2.65. The van der Waals surface area contributed by atoms with Gasteiger partial charge in [0.05, 0.1) is 31.3 Å². The summed E-state index contributed by atoms with van der Waals surface area (Å²) in [6.45, 7) is 6.48. The van der Waals surface area contributed by atoms with Crippen molar-refractivity contribution in [2.24, 2.45) is 0 Å². The lowest BCUT2D eigenvalue weighted by atomic mass is 10.2. The second-order valence-corrected chi connectivity index (χ2v) is 7.30. The van der Waals surface area contributed by atoms with E-state index in [2.05, 4.69) is 6.58 Å². The summed E-state index contributed by atoms with van der Waals surface area (Å²) in [7, 11) is -3.49. The Kier molecular flexibility index (Phi) is 4.08. The van der Waals surface area contributed by atoms with Crippen LogP contribution in [0.5, 0.6) is 0 Å². The topological polar surface area (TPSA) is 52.6 Å². The third kappa shape index (κ3) is 2.73. The van der Waals surface area contributed by atoms with E-state index in [-0.39, 0.29) is 18.1 Å². The molecule has 19 heavy (non-hydrogen) atoms. The minimum absolute atomic E-state index is 0.151. The van der Waals surface area contributed by atoms with Crippen molar-refractivity contribution in [1.82, 2.24) is 0 Å². The molecule has 1 aromatic rings. The Morgan fingerprint density at radius 2 is 1.68 bits per heavy atom. The fourth-order valence-corrected chi connectivity index (χ4v) is 3.50. The highest BCUT2D eigenvalue weighted by atomic mass is 32.2. The number of hydrogen-bond acceptors (Lipinski definition) is 4. The maximum atomic E-state index is 12.7. The fraction of sp³-hybridized carbons (Fsp3) is 0.429. The second kappa shape index (κ2) is 5.45. The highest BCUT2D eigenvalue weighted by Gasteiger charge is 2.42. The fourth-order valence-electron chi connectivity index (χ4n) is 1.96. The number of sulfone groups is 1. The summed E-state index contributed by atoms with van der Waals surface area (Å²) in [4.78, 5) is 0.287. The summed E-state index contributed by atoms with van der Waals surface area (Å²) in [5.41, 5.74) is 0.887. The van der Waals surface area contributed by atoms with E-state index in [0.717, 1.165) is 5.56 Å². The van der Waals surface area contributed by atoms with Gasteiger partial charge in [0, 0.05) is 0 Å². The summed E-state index contributed by atoms with van der Waals surface area (Å²) >= 11 is 0. The Balaban J connectivity index is 2.36. The van der Waals surface area contributed by atoms with Gasteiger partial charge in [0.25, 0.3) is 0 Å². The van der Waals surface area contributed by atoms with Crippen molar-refractivity contribution in [3.63, 3.8) is 0 Å². The molecule has 1 heterocycles. The van der Waals surface area contributed by atoms with Crippen LogP contribution in [0.25, 0.3) is 6.08 Å². The summed E-state index contributed by atoms with van der Waals surface area (Å²) < 4.78 is 35.0. The molecule has 1 aliphatic heterocycles. The van der Waals surface area contributed by atoms with Gasteiger partial charge in [0.1, 0.15) is 4.75 Å². The molecule has 104 valence electrons. The van der Waals surface area contributed by atoms with Gasteiger partial charge in [-0.3, -0.25) is 0 Å². The lowest BCUT2D eigenvalue weighted by Crippen LogP contribution is -2.43. The molecule has 0 spiro atoms. The summed E-state index contributed by atoms with van der Waals surface area (Å²) in [6, 6.07) is 6.67. The van der Waals surface area contributed by atoms with Crippen LogP contribution in [0.4, 0.5) is 0 Å². The molecule has 0 aromatic heterocycles. The molecule has 0 saturated carbocycles. The summed E-state index contributed by atoms with van der Waals surface area (Å²) in [6.07, 6.45) is 1.68. The Morgan fingerprint density at radius 3 is 2.16 bits per heavy atom. The molecule has 5 heteroatoms. The number of rotatable bonds is 3. The zero-order valence-electron chi connectivity index (χ0n) is 11.0. The van der Waals surface area contributed by atoms with Crippen LogP contribution < -0.4 is 0 Å². The first kappa shape index (κ1) is 14.2. The first-order valence-electron chi connectivity index (χ1n) is 6.12. The molecule has 4 nitrogen and oxygen atoms in total. The number of ether oxygens (including phenoxy) is 2. The van der Waals surface area contributed by atoms with E-state index < -0.39 is 14.6 Å². The second-order valence-electron chi connectivity index (χ2n) is 4.83. The predicted octanol–water partition coefficient (Wildman–Crippen LogP) is 1.91. The third-order valence-electron chi connectivity index (χ3n) is 3.26. The largest absolute Gasteiger partial charge is 0.377 e. The molecule has 0 amide bonds. The lowest BCUT2D eigenvalue weighted by Gasteiger charge is -2.26. The molecule has 0 unspecified atom stereocenters. The Hall–Kier alpha value is -1.17. The molecule has 0 aliphatic carbocycles. The standard InChI is InChI=1S/C14H18O4S/c1-3-12-4-6-13(7-5-12)19(15,16)14(2)10-17-8-9-18-11-14/h3-7H,1,8-11H2,2H3. The van der Waals surface area contributed by atoms with Crippen molar-refractivity contribution in [3.05, 3.63) is 36.4 Å². The smallest absolute Gasteiger partial charge is 0.188 e. The maximum Gasteiger partial charge on any atom is 0.188 e. The molecular weight excluding hydrogens is 264 g/mol. The van der Waals surface area contributed by atoms with Gasteiger partial charge in [-0.25, -0.2) is 8.42 Å². The zero-order valence-corrected chi connectivity index (χ0v) is 11.8. The molecule has 2 rings (SSSR count). The number of benzene rings is 1. The van der Waals surface area contributed by atoms with E-state index in [0.29, 0.717) is 13.2 Å². The van der Waals surface area contributed by atoms with Gasteiger partial charge in [-0.15, -0.1) is 0 Å². The maximum absolute atomic E-state index is 12.7. The average molecular weight is 282 g/mol. The molecule has 0 bridgehead atoms. The number of hydrogen-bond donors (Lipinski definition) is 0. The van der Waals surface area contributed by atoms with Gasteiger partial charge in [0.2, 0.25) is 0 Å². The van der Waals surface area contributed by atoms with Crippen molar-refractivity contribution < 1.29 is 17.9 Å². The monoisotopic (exact) mass is 282 g/mol. The molecule has 0 N–H and O–H groups in total. The van der Waals surface area contributed by atoms with Crippen LogP contribution >= 0.6 is 0 Å². The summed E-state index contributed by atoms with van der Waals surface area (Å²) in [5, 5.41) is 0. The van der Waals surface area contributed by atoms with Crippen molar-refractivity contribution in [3.8, 4) is 0 Å². The Labute approximate surface area is 114 Å². The van der Waals surface area contributed by atoms with Crippen molar-refractivity contribution >= 4 is 15.9 Å². The molecule has 1 saturated heterocycles. The van der Waals surface area contributed by atoms with Crippen LogP contribution in [0.2, 0.25) is 0 Å². The third-order valence-corrected chi connectivity index (χ3v) is 5.69. The van der Waals surface area contributed by atoms with Gasteiger partial charge in [-0.1, -0.05) is 24.8 Å². The van der Waals surface area contributed by atoms with Crippen LogP contribution in [0.3, 0.4) is 0 Å². The lowest BCUT2D eigenvalue weighted by molar-refractivity contribution is 0.103. The predicted molar refractivity (Wildman–Crippen MR) is 73.8 cm³/mol. The Bertz CT molecular complexity index is 537. The first-order chi connectivity index (χ1) is 8.99.